The Labute approximate surface area is 346 Å². The van der Waals surface area contributed by atoms with Gasteiger partial charge in [-0.05, 0) is 78.3 Å². The first-order chi connectivity index (χ1) is 26.8. The van der Waals surface area contributed by atoms with Gasteiger partial charge in [0.2, 0.25) is 18.4 Å². The molecule has 0 radical (unpaired) electrons. The summed E-state index contributed by atoms with van der Waals surface area (Å²) in [4.78, 5) is 40.8. The molecule has 2 aliphatic rings. The molecule has 0 aromatic carbocycles. The average Bonchev–Trinajstić information content (AvgIpc) is 3.54. The highest BCUT2D eigenvalue weighted by atomic mass is 31.2. The predicted molar refractivity (Wildman–Crippen MR) is 230 cm³/mol. The zero-order valence-corrected chi connectivity index (χ0v) is 38.9. The molecule has 324 valence electrons. The number of carbonyl (C=O) groups excluding carboxylic acids is 3. The van der Waals surface area contributed by atoms with Crippen LogP contribution in [0.25, 0.3) is 4.85 Å². The van der Waals surface area contributed by atoms with Crippen LogP contribution in [0.5, 0.6) is 0 Å². The summed E-state index contributed by atoms with van der Waals surface area (Å²) in [6.07, 6.45) is 4.10. The minimum atomic E-state index is -3.04. The molecule has 2 rings (SSSR count). The second-order valence-electron chi connectivity index (χ2n) is 16.5. The maximum atomic E-state index is 13.0. The van der Waals surface area contributed by atoms with Crippen LogP contribution in [-0.2, 0) is 37.0 Å². The number of nitrogens with zero attached hydrogens (tertiary/aromatic N) is 2. The van der Waals surface area contributed by atoms with Gasteiger partial charge >= 0.3 is 8.56 Å². The van der Waals surface area contributed by atoms with Gasteiger partial charge in [0.15, 0.2) is 0 Å². The lowest BCUT2D eigenvalue weighted by atomic mass is 9.91. The summed E-state index contributed by atoms with van der Waals surface area (Å²) in [5, 5.41) is 8.70. The van der Waals surface area contributed by atoms with Crippen molar-refractivity contribution >= 4 is 34.8 Å². The van der Waals surface area contributed by atoms with Gasteiger partial charge in [-0.2, -0.15) is 0 Å². The third-order valence-electron chi connectivity index (χ3n) is 10.9. The van der Waals surface area contributed by atoms with Crippen LogP contribution in [0, 0.1) is 12.5 Å². The van der Waals surface area contributed by atoms with Crippen molar-refractivity contribution in [2.45, 2.75) is 169 Å². The highest BCUT2D eigenvalue weighted by molar-refractivity contribution is 7.44. The van der Waals surface area contributed by atoms with E-state index in [1.165, 1.54) is 0 Å². The van der Waals surface area contributed by atoms with E-state index in [0.29, 0.717) is 68.5 Å². The van der Waals surface area contributed by atoms with Crippen molar-refractivity contribution in [3.05, 3.63) is 47.5 Å². The van der Waals surface area contributed by atoms with E-state index in [1.807, 2.05) is 6.08 Å². The van der Waals surface area contributed by atoms with Gasteiger partial charge in [0.1, 0.15) is 12.7 Å². The van der Waals surface area contributed by atoms with Gasteiger partial charge in [-0.1, -0.05) is 60.8 Å². The van der Waals surface area contributed by atoms with Crippen molar-refractivity contribution in [3.63, 3.8) is 0 Å². The highest BCUT2D eigenvalue weighted by Gasteiger charge is 2.52. The largest absolute Gasteiger partial charge is 0.391 e. The monoisotopic (exact) mass is 836 g/mol. The Morgan fingerprint density at radius 1 is 1.11 bits per heavy atom. The van der Waals surface area contributed by atoms with Crippen molar-refractivity contribution in [2.75, 3.05) is 32.8 Å². The topological polar surface area (TPSA) is 141 Å². The first-order valence-corrected chi connectivity index (χ1v) is 24.0. The van der Waals surface area contributed by atoms with E-state index in [9.17, 15) is 14.4 Å². The van der Waals surface area contributed by atoms with E-state index >= 15 is 0 Å². The Hall–Kier alpha value is -2.47. The fraction of sp³-hybridized carbons (Fsp3) is 0.762. The number of amides is 3. The minimum absolute atomic E-state index is 0.0551. The second kappa shape index (κ2) is 23.9. The van der Waals surface area contributed by atoms with Crippen LogP contribution in [0.2, 0.25) is 11.1 Å². The number of carbonyl (C=O) groups is 3. The Morgan fingerprint density at radius 2 is 1.72 bits per heavy atom. The van der Waals surface area contributed by atoms with E-state index in [4.69, 9.17) is 29.2 Å². The smallest absolute Gasteiger partial charge is 0.343 e. The first kappa shape index (κ1) is 50.7. The van der Waals surface area contributed by atoms with Gasteiger partial charge in [0.25, 0.3) is 14.4 Å². The number of ether oxygens (including phenoxy) is 1. The average molecular weight is 836 g/mol. The first-order valence-electron chi connectivity index (χ1n) is 20.9. The van der Waals surface area contributed by atoms with E-state index in [0.717, 1.165) is 0 Å². The Morgan fingerprint density at radius 3 is 2.26 bits per heavy atom. The van der Waals surface area contributed by atoms with Gasteiger partial charge in [-0.15, -0.1) is 0 Å². The summed E-state index contributed by atoms with van der Waals surface area (Å²) in [7, 11) is -4.61. The lowest BCUT2D eigenvalue weighted by molar-refractivity contribution is -0.122. The molecule has 0 aromatic rings. The Balaban J connectivity index is 2.38. The molecular weight excluding hydrogens is 762 g/mol. The SMILES string of the molecule is [C-]#[N+]CCOP(OC1C[C@H](C2C=C(C)C(=O)NC2=C)O[C@@H]1CO[Si](OC(CC)(CC)CCC(=O)NCCCNC(=O)C(=C)C)(C(C)C)C(C)C)N(C(C)C)C(C)C. The maximum absolute atomic E-state index is 13.0. The summed E-state index contributed by atoms with van der Waals surface area (Å²) >= 11 is 0. The standard InChI is InChI=1S/C42H74N5O8PSi/c1-16-42(17-2,20-19-39(48)44-21-18-22-45-40(49)28(3)4)55-57(31(9)10,32(11)12)52-27-38-37(26-36(53-38)35-25-33(13)41(50)46-34(35)14)54-56(51-24-23-43-15)47(29(5)6)30(7)8/h25,29-32,35-38H,3,14,16-24,26-27H2,1-2,4-13H3,(H,44,48)(H,45,49)(H,46,50)/t35?,36-,37?,38-,56?/m1/s1. The molecule has 57 heavy (non-hydrogen) atoms. The van der Waals surface area contributed by atoms with Gasteiger partial charge in [-0.25, -0.2) is 11.2 Å². The third-order valence-corrected chi connectivity index (χ3v) is 17.6. The van der Waals surface area contributed by atoms with Gasteiger partial charge < -0.3 is 43.4 Å². The number of rotatable bonds is 26. The lowest BCUT2D eigenvalue weighted by Crippen LogP contribution is -2.56. The van der Waals surface area contributed by atoms with Gasteiger partial charge in [0, 0.05) is 60.8 Å². The predicted octanol–water partition coefficient (Wildman–Crippen LogP) is 7.85. The molecule has 0 spiro atoms. The molecule has 5 atom stereocenters. The van der Waals surface area contributed by atoms with Crippen molar-refractivity contribution in [2.24, 2.45) is 5.92 Å². The maximum Gasteiger partial charge on any atom is 0.343 e. The minimum Gasteiger partial charge on any atom is -0.391 e. The van der Waals surface area contributed by atoms with E-state index in [-0.39, 0.29) is 72.7 Å². The van der Waals surface area contributed by atoms with Crippen molar-refractivity contribution in [3.8, 4) is 0 Å². The zero-order chi connectivity index (χ0) is 43.1. The Kier molecular flexibility index (Phi) is 21.3. The van der Waals surface area contributed by atoms with Crippen LogP contribution in [0.1, 0.15) is 122 Å². The summed E-state index contributed by atoms with van der Waals surface area (Å²) in [6, 6.07) is 0.248. The second-order valence-corrected chi connectivity index (χ2v) is 22.2. The van der Waals surface area contributed by atoms with Crippen LogP contribution < -0.4 is 16.0 Å². The molecule has 2 aliphatic heterocycles. The zero-order valence-electron chi connectivity index (χ0n) is 37.0. The molecule has 0 saturated carbocycles. The molecule has 3 unspecified atom stereocenters. The van der Waals surface area contributed by atoms with E-state index in [1.54, 1.807) is 13.8 Å². The summed E-state index contributed by atoms with van der Waals surface area (Å²) in [5.41, 5.74) is 1.21. The van der Waals surface area contributed by atoms with Crippen molar-refractivity contribution < 1.29 is 37.0 Å². The van der Waals surface area contributed by atoms with Crippen LogP contribution in [0.4, 0.5) is 0 Å². The van der Waals surface area contributed by atoms with Gasteiger partial charge in [0.05, 0.1) is 24.4 Å². The quantitative estimate of drug-likeness (QED) is 0.0261. The fourth-order valence-electron chi connectivity index (χ4n) is 7.46. The number of hydrogen-bond donors (Lipinski definition) is 3. The van der Waals surface area contributed by atoms with Crippen LogP contribution >= 0.6 is 8.53 Å². The van der Waals surface area contributed by atoms with Crippen LogP contribution in [0.3, 0.4) is 0 Å². The Bertz CT molecular complexity index is 1410. The molecule has 15 heteroatoms. The number of nitrogens with one attached hydrogen (secondary N) is 3. The molecule has 1 saturated heterocycles. The van der Waals surface area contributed by atoms with Crippen molar-refractivity contribution in [1.29, 1.82) is 0 Å². The van der Waals surface area contributed by atoms with Crippen LogP contribution in [0.15, 0.2) is 36.1 Å². The lowest BCUT2D eigenvalue weighted by Gasteiger charge is -2.46. The molecule has 3 amide bonds. The normalized spacial score (nSPS) is 20.9. The van der Waals surface area contributed by atoms with Gasteiger partial charge in [-0.3, -0.25) is 14.4 Å². The summed E-state index contributed by atoms with van der Waals surface area (Å²) in [5.74, 6) is -0.653. The van der Waals surface area contributed by atoms with Crippen LogP contribution in [-0.4, -0.2) is 99.8 Å². The molecule has 0 aromatic heterocycles. The third kappa shape index (κ3) is 14.6. The molecule has 2 heterocycles. The number of hydrogen-bond acceptors (Lipinski definition) is 9. The molecule has 0 aliphatic carbocycles. The fourth-order valence-corrected chi connectivity index (χ4v) is 13.2. The van der Waals surface area contributed by atoms with E-state index in [2.05, 4.69) is 108 Å². The summed E-state index contributed by atoms with van der Waals surface area (Å²) < 4.78 is 36.9. The highest BCUT2D eigenvalue weighted by Crippen LogP contribution is 2.50. The van der Waals surface area contributed by atoms with Crippen molar-refractivity contribution in [1.82, 2.24) is 20.6 Å². The van der Waals surface area contributed by atoms with E-state index < -0.39 is 34.9 Å². The molecule has 1 fully saturated rings. The molecule has 13 nitrogen and oxygen atoms in total. The summed E-state index contributed by atoms with van der Waals surface area (Å²) in [6.45, 7) is 41.5. The molecule has 0 bridgehead atoms. The molecular formula is C42H74N5O8PSi. The molecule has 3 N–H and O–H groups in total.